The van der Waals surface area contributed by atoms with Gasteiger partial charge in [0.1, 0.15) is 0 Å². The third-order valence-electron chi connectivity index (χ3n) is 3.94. The molecule has 1 saturated heterocycles. The van der Waals surface area contributed by atoms with Crippen LogP contribution in [0.1, 0.15) is 25.8 Å². The van der Waals surface area contributed by atoms with Crippen LogP contribution in [0.15, 0.2) is 24.3 Å². The third kappa shape index (κ3) is 7.81. The number of amides is 1. The Hall–Kier alpha value is -0.850. The predicted molar refractivity (Wildman–Crippen MR) is 103 cm³/mol. The van der Waals surface area contributed by atoms with Crippen LogP contribution in [-0.4, -0.2) is 49.7 Å². The van der Waals surface area contributed by atoms with Gasteiger partial charge >= 0.3 is 0 Å². The molecule has 1 aromatic rings. The lowest BCUT2D eigenvalue weighted by Gasteiger charge is -2.23. The molecule has 5 nitrogen and oxygen atoms in total. The molecule has 1 atom stereocenters. The minimum absolute atomic E-state index is 0. The largest absolute Gasteiger partial charge is 0.378 e. The van der Waals surface area contributed by atoms with E-state index in [1.54, 1.807) is 0 Å². The molecule has 0 aromatic heterocycles. The summed E-state index contributed by atoms with van der Waals surface area (Å²) in [5.41, 5.74) is 2.09. The van der Waals surface area contributed by atoms with Crippen LogP contribution in [0.4, 0.5) is 5.69 Å². The molecule has 0 saturated carbocycles. The first-order valence-corrected chi connectivity index (χ1v) is 8.13. The molecule has 2 N–H and O–H groups in total. The highest BCUT2D eigenvalue weighted by Crippen LogP contribution is 2.13. The van der Waals surface area contributed by atoms with E-state index in [9.17, 15) is 4.79 Å². The van der Waals surface area contributed by atoms with Gasteiger partial charge in [0.2, 0.25) is 5.91 Å². The van der Waals surface area contributed by atoms with E-state index in [0.29, 0.717) is 13.0 Å². The van der Waals surface area contributed by atoms with Crippen molar-refractivity contribution in [3.8, 4) is 0 Å². The number of nitrogens with one attached hydrogen (secondary N) is 2. The lowest BCUT2D eigenvalue weighted by molar-refractivity contribution is -0.117. The zero-order valence-corrected chi connectivity index (χ0v) is 16.0. The summed E-state index contributed by atoms with van der Waals surface area (Å²) in [6.45, 7) is 9.44. The molecule has 138 valence electrons. The van der Waals surface area contributed by atoms with Crippen molar-refractivity contribution in [2.24, 2.45) is 0 Å². The Bertz CT molecular complexity index is 479. The standard InChI is InChI=1S/C17H27N3O2.2ClH/c1-3-20(4-2)12-14-6-5-7-15(10-14)19-17(21)11-16-13-22-9-8-18-16;;/h5-7,10,16,18H,3-4,8-9,11-13H2,1-2H3,(H,19,21);2*1H. The van der Waals surface area contributed by atoms with E-state index >= 15 is 0 Å². The minimum Gasteiger partial charge on any atom is -0.378 e. The highest BCUT2D eigenvalue weighted by molar-refractivity contribution is 5.91. The van der Waals surface area contributed by atoms with Crippen LogP contribution in [0, 0.1) is 0 Å². The summed E-state index contributed by atoms with van der Waals surface area (Å²) in [5.74, 6) is 0.0305. The molecule has 1 fully saturated rings. The molecule has 1 unspecified atom stereocenters. The van der Waals surface area contributed by atoms with Crippen molar-refractivity contribution in [1.29, 1.82) is 0 Å². The van der Waals surface area contributed by atoms with E-state index in [2.05, 4.69) is 41.5 Å². The number of carbonyl (C=O) groups excluding carboxylic acids is 1. The fourth-order valence-electron chi connectivity index (χ4n) is 2.64. The van der Waals surface area contributed by atoms with E-state index in [0.717, 1.165) is 38.5 Å². The Morgan fingerprint density at radius 1 is 1.33 bits per heavy atom. The number of rotatable bonds is 7. The van der Waals surface area contributed by atoms with Crippen LogP contribution in [0.2, 0.25) is 0 Å². The lowest BCUT2D eigenvalue weighted by Crippen LogP contribution is -2.43. The van der Waals surface area contributed by atoms with Crippen molar-refractivity contribution in [1.82, 2.24) is 10.2 Å². The second-order valence-corrected chi connectivity index (χ2v) is 5.64. The van der Waals surface area contributed by atoms with Crippen LogP contribution in [-0.2, 0) is 16.1 Å². The molecule has 0 radical (unpaired) electrons. The Kier molecular flexibility index (Phi) is 12.1. The van der Waals surface area contributed by atoms with Gasteiger partial charge in [-0.15, -0.1) is 24.8 Å². The summed E-state index contributed by atoms with van der Waals surface area (Å²) in [6.07, 6.45) is 0.445. The molecule has 0 bridgehead atoms. The molecule has 1 aliphatic heterocycles. The number of hydrogen-bond acceptors (Lipinski definition) is 4. The Balaban J connectivity index is 0.00000264. The molecule has 1 aromatic carbocycles. The topological polar surface area (TPSA) is 53.6 Å². The molecular formula is C17H29Cl2N3O2. The van der Waals surface area contributed by atoms with Crippen molar-refractivity contribution in [2.45, 2.75) is 32.9 Å². The first-order chi connectivity index (χ1) is 10.7. The SMILES string of the molecule is CCN(CC)Cc1cccc(NC(=O)CC2COCCN2)c1.Cl.Cl. The van der Waals surface area contributed by atoms with Crippen LogP contribution >= 0.6 is 24.8 Å². The summed E-state index contributed by atoms with van der Waals surface area (Å²) < 4.78 is 5.37. The Morgan fingerprint density at radius 3 is 2.71 bits per heavy atom. The van der Waals surface area contributed by atoms with Crippen LogP contribution in [0.3, 0.4) is 0 Å². The number of morpholine rings is 1. The number of ether oxygens (including phenoxy) is 1. The quantitative estimate of drug-likeness (QED) is 0.766. The van der Waals surface area contributed by atoms with E-state index < -0.39 is 0 Å². The van der Waals surface area contributed by atoms with Gasteiger partial charge in [0.25, 0.3) is 0 Å². The lowest BCUT2D eigenvalue weighted by atomic mass is 10.1. The summed E-state index contributed by atoms with van der Waals surface area (Å²) in [5, 5.41) is 6.28. The number of hydrogen-bond donors (Lipinski definition) is 2. The summed E-state index contributed by atoms with van der Waals surface area (Å²) in [4.78, 5) is 14.5. The maximum absolute atomic E-state index is 12.1. The van der Waals surface area contributed by atoms with Gasteiger partial charge in [-0.3, -0.25) is 9.69 Å². The van der Waals surface area contributed by atoms with Gasteiger partial charge in [-0.05, 0) is 30.8 Å². The molecule has 24 heavy (non-hydrogen) atoms. The molecule has 1 heterocycles. The van der Waals surface area contributed by atoms with Crippen molar-refractivity contribution in [3.05, 3.63) is 29.8 Å². The normalized spacial score (nSPS) is 16.9. The molecule has 2 rings (SSSR count). The molecule has 0 spiro atoms. The first kappa shape index (κ1) is 23.1. The van der Waals surface area contributed by atoms with E-state index in [4.69, 9.17) is 4.74 Å². The number of anilines is 1. The number of halogens is 2. The third-order valence-corrected chi connectivity index (χ3v) is 3.94. The van der Waals surface area contributed by atoms with Gasteiger partial charge in [-0.2, -0.15) is 0 Å². The van der Waals surface area contributed by atoms with Gasteiger partial charge in [0, 0.05) is 31.2 Å². The highest BCUT2D eigenvalue weighted by atomic mass is 35.5. The van der Waals surface area contributed by atoms with Gasteiger partial charge in [-0.25, -0.2) is 0 Å². The average Bonchev–Trinajstić information content (AvgIpc) is 2.53. The van der Waals surface area contributed by atoms with Crippen molar-refractivity contribution in [2.75, 3.05) is 38.2 Å². The average molecular weight is 378 g/mol. The Morgan fingerprint density at radius 2 is 2.08 bits per heavy atom. The van der Waals surface area contributed by atoms with Gasteiger partial charge in [-0.1, -0.05) is 26.0 Å². The van der Waals surface area contributed by atoms with Gasteiger partial charge in [0.15, 0.2) is 0 Å². The van der Waals surface area contributed by atoms with Crippen LogP contribution in [0.5, 0.6) is 0 Å². The first-order valence-electron chi connectivity index (χ1n) is 8.13. The molecule has 0 aliphatic carbocycles. The zero-order valence-electron chi connectivity index (χ0n) is 14.4. The molecular weight excluding hydrogens is 349 g/mol. The van der Waals surface area contributed by atoms with Crippen LogP contribution < -0.4 is 10.6 Å². The summed E-state index contributed by atoms with van der Waals surface area (Å²) >= 11 is 0. The van der Waals surface area contributed by atoms with Crippen molar-refractivity contribution >= 4 is 36.4 Å². The van der Waals surface area contributed by atoms with Gasteiger partial charge < -0.3 is 15.4 Å². The minimum atomic E-state index is 0. The molecule has 7 heteroatoms. The van der Waals surface area contributed by atoms with Gasteiger partial charge in [0.05, 0.1) is 13.2 Å². The molecule has 1 aliphatic rings. The smallest absolute Gasteiger partial charge is 0.226 e. The highest BCUT2D eigenvalue weighted by Gasteiger charge is 2.16. The van der Waals surface area contributed by atoms with E-state index in [1.165, 1.54) is 5.56 Å². The van der Waals surface area contributed by atoms with Crippen LogP contribution in [0.25, 0.3) is 0 Å². The second-order valence-electron chi connectivity index (χ2n) is 5.64. The summed E-state index contributed by atoms with van der Waals surface area (Å²) in [6, 6.07) is 8.21. The fourth-order valence-corrected chi connectivity index (χ4v) is 2.64. The monoisotopic (exact) mass is 377 g/mol. The number of benzene rings is 1. The maximum Gasteiger partial charge on any atom is 0.226 e. The number of nitrogens with zero attached hydrogens (tertiary/aromatic N) is 1. The van der Waals surface area contributed by atoms with E-state index in [1.807, 2.05) is 12.1 Å². The summed E-state index contributed by atoms with van der Waals surface area (Å²) in [7, 11) is 0. The predicted octanol–water partition coefficient (Wildman–Crippen LogP) is 2.69. The van der Waals surface area contributed by atoms with Crippen molar-refractivity contribution in [3.63, 3.8) is 0 Å². The molecule has 1 amide bonds. The second kappa shape index (κ2) is 12.5. The Labute approximate surface area is 157 Å². The van der Waals surface area contributed by atoms with E-state index in [-0.39, 0.29) is 36.8 Å². The number of carbonyl (C=O) groups is 1. The van der Waals surface area contributed by atoms with Crippen molar-refractivity contribution < 1.29 is 9.53 Å². The maximum atomic E-state index is 12.1. The fraction of sp³-hybridized carbons (Fsp3) is 0.588. The zero-order chi connectivity index (χ0) is 15.8.